The molecule has 2 aromatic heterocycles. The van der Waals surface area contributed by atoms with Crippen LogP contribution in [0.15, 0.2) is 134 Å². The minimum absolute atomic E-state index is 0.0155. The van der Waals surface area contributed by atoms with Gasteiger partial charge in [0.05, 0.1) is 29.1 Å². The Morgan fingerprint density at radius 3 is 2.18 bits per heavy atom. The summed E-state index contributed by atoms with van der Waals surface area (Å²) >= 11 is 0. The van der Waals surface area contributed by atoms with Crippen LogP contribution in [0.1, 0.15) is 65.5 Å². The summed E-state index contributed by atoms with van der Waals surface area (Å²) in [5.41, 5.74) is 5.55. The van der Waals surface area contributed by atoms with Crippen molar-refractivity contribution in [1.29, 1.82) is 0 Å². The lowest BCUT2D eigenvalue weighted by Gasteiger charge is -2.26. The number of pyridine rings is 1. The number of hydrogen-bond acceptors (Lipinski definition) is 3. The molecule has 3 heterocycles. The molecule has 0 radical (unpaired) electrons. The van der Waals surface area contributed by atoms with Crippen LogP contribution in [0, 0.1) is 0 Å². The number of benzene rings is 5. The number of anilines is 3. The molecule has 0 aliphatic carbocycles. The van der Waals surface area contributed by atoms with Gasteiger partial charge in [0.2, 0.25) is 0 Å². The normalized spacial score (nSPS) is 14.7. The Bertz CT molecular complexity index is 2490. The van der Waals surface area contributed by atoms with Gasteiger partial charge in [0.15, 0.2) is 0 Å². The minimum Gasteiger partial charge on any atom is -0.355 e. The molecule has 0 saturated heterocycles. The Balaban J connectivity index is 1.27. The lowest BCUT2D eigenvalue weighted by atomic mass is 9.78. The Morgan fingerprint density at radius 1 is 0.680 bits per heavy atom. The number of halogens is 2. The standard InChI is InChI=1S/C44H40F2N4/c1-29(2)30-23-34(25-35(24-30)49-28-48(5)39-17-11-12-18-40(39)49)44(45,46)33-19-20-37-36-15-9-10-16-38(36)50(41(37)26-33)42-27-32(21-22-47-42)43(3,4)31-13-7-6-8-14-31/h6-27,29H,28H2,1-5H3/i5D3. The molecule has 0 saturated carbocycles. The van der Waals surface area contributed by atoms with E-state index in [-0.39, 0.29) is 29.1 Å². The number of fused-ring (bicyclic) bond motifs is 4. The lowest BCUT2D eigenvalue weighted by molar-refractivity contribution is 0.0429. The van der Waals surface area contributed by atoms with E-state index in [4.69, 9.17) is 9.10 Å². The molecule has 50 heavy (non-hydrogen) atoms. The number of nitrogens with zero attached hydrogens (tertiary/aromatic N) is 4. The molecule has 0 N–H and O–H groups in total. The molecule has 0 bridgehead atoms. The summed E-state index contributed by atoms with van der Waals surface area (Å²) in [6.45, 7) is 5.91. The highest BCUT2D eigenvalue weighted by molar-refractivity contribution is 6.09. The second-order valence-electron chi connectivity index (χ2n) is 14.0. The summed E-state index contributed by atoms with van der Waals surface area (Å²) in [7, 11) is 0. The van der Waals surface area contributed by atoms with Crippen molar-refractivity contribution in [2.75, 3.05) is 23.4 Å². The van der Waals surface area contributed by atoms with Crippen molar-refractivity contribution < 1.29 is 12.9 Å². The van der Waals surface area contributed by atoms with Gasteiger partial charge in [-0.15, -0.1) is 0 Å². The van der Waals surface area contributed by atoms with E-state index >= 15 is 8.78 Å². The topological polar surface area (TPSA) is 24.3 Å². The summed E-state index contributed by atoms with van der Waals surface area (Å²) < 4.78 is 60.7. The van der Waals surface area contributed by atoms with Crippen LogP contribution >= 0.6 is 0 Å². The maximum atomic E-state index is 17.1. The highest BCUT2D eigenvalue weighted by Crippen LogP contribution is 2.45. The fourth-order valence-electron chi connectivity index (χ4n) is 7.27. The van der Waals surface area contributed by atoms with Gasteiger partial charge in [-0.25, -0.2) is 4.98 Å². The van der Waals surface area contributed by atoms with E-state index in [9.17, 15) is 0 Å². The van der Waals surface area contributed by atoms with Gasteiger partial charge in [0, 0.05) is 50.3 Å². The second-order valence-corrected chi connectivity index (χ2v) is 14.0. The molecule has 0 unspecified atom stereocenters. The zero-order valence-electron chi connectivity index (χ0n) is 31.5. The van der Waals surface area contributed by atoms with Crippen LogP contribution in [0.4, 0.5) is 25.8 Å². The molecular weight excluding hydrogens is 623 g/mol. The third-order valence-electron chi connectivity index (χ3n) is 10.3. The molecule has 7 aromatic rings. The summed E-state index contributed by atoms with van der Waals surface area (Å²) in [5, 5.41) is 1.80. The third kappa shape index (κ3) is 5.13. The van der Waals surface area contributed by atoms with Crippen LogP contribution < -0.4 is 9.80 Å². The van der Waals surface area contributed by atoms with Crippen LogP contribution in [0.5, 0.6) is 0 Å². The first-order valence-electron chi connectivity index (χ1n) is 18.5. The van der Waals surface area contributed by atoms with Gasteiger partial charge >= 0.3 is 0 Å². The SMILES string of the molecule is [2H]C([2H])([2H])N1CN(c2cc(C(C)C)cc(C(F)(F)c3ccc4c5ccccc5n(-c5cc(C(C)(C)c6ccccc6)ccn5)c4c3)c2)c2ccccc21. The summed E-state index contributed by atoms with van der Waals surface area (Å²) in [6, 6.07) is 39.3. The first kappa shape index (κ1) is 28.4. The Kier molecular flexibility index (Phi) is 6.71. The Hall–Kier alpha value is -5.49. The maximum absolute atomic E-state index is 17.1. The van der Waals surface area contributed by atoms with E-state index in [0.717, 1.165) is 33.0 Å². The molecule has 4 nitrogen and oxygen atoms in total. The summed E-state index contributed by atoms with van der Waals surface area (Å²) in [4.78, 5) is 7.94. The molecule has 250 valence electrons. The summed E-state index contributed by atoms with van der Waals surface area (Å²) in [6.07, 6.45) is 1.79. The van der Waals surface area contributed by atoms with E-state index in [2.05, 4.69) is 32.0 Å². The molecule has 0 amide bonds. The van der Waals surface area contributed by atoms with Gasteiger partial charge in [0.25, 0.3) is 5.92 Å². The van der Waals surface area contributed by atoms with E-state index in [1.165, 1.54) is 17.0 Å². The Morgan fingerprint density at radius 2 is 1.40 bits per heavy atom. The molecule has 0 fully saturated rings. The second kappa shape index (κ2) is 11.8. The van der Waals surface area contributed by atoms with Gasteiger partial charge in [-0.3, -0.25) is 4.57 Å². The van der Waals surface area contributed by atoms with Crippen LogP contribution in [0.2, 0.25) is 0 Å². The molecule has 0 spiro atoms. The van der Waals surface area contributed by atoms with E-state index in [1.54, 1.807) is 36.5 Å². The number of para-hydroxylation sites is 3. The quantitative estimate of drug-likeness (QED) is 0.169. The van der Waals surface area contributed by atoms with Gasteiger partial charge in [-0.05, 0) is 77.2 Å². The van der Waals surface area contributed by atoms with E-state index < -0.39 is 12.9 Å². The smallest absolute Gasteiger partial charge is 0.298 e. The first-order valence-corrected chi connectivity index (χ1v) is 17.0. The molecule has 5 aromatic carbocycles. The molecule has 8 rings (SSSR count). The fraction of sp³-hybridized carbons (Fsp3) is 0.205. The predicted octanol–water partition coefficient (Wildman–Crippen LogP) is 11.3. The van der Waals surface area contributed by atoms with Crippen molar-refractivity contribution in [1.82, 2.24) is 9.55 Å². The zero-order valence-corrected chi connectivity index (χ0v) is 28.5. The molecular formula is C44H40F2N4. The van der Waals surface area contributed by atoms with Crippen molar-refractivity contribution in [2.45, 2.75) is 45.0 Å². The van der Waals surface area contributed by atoms with Gasteiger partial charge in [-0.2, -0.15) is 8.78 Å². The minimum atomic E-state index is -3.39. The van der Waals surface area contributed by atoms with Crippen molar-refractivity contribution >= 4 is 38.9 Å². The van der Waals surface area contributed by atoms with E-state index in [0.29, 0.717) is 28.4 Å². The monoisotopic (exact) mass is 665 g/mol. The molecule has 0 atom stereocenters. The van der Waals surface area contributed by atoms with Crippen LogP contribution in [-0.4, -0.2) is 23.2 Å². The lowest BCUT2D eigenvalue weighted by Crippen LogP contribution is -2.25. The predicted molar refractivity (Wildman–Crippen MR) is 203 cm³/mol. The highest BCUT2D eigenvalue weighted by Gasteiger charge is 2.37. The van der Waals surface area contributed by atoms with E-state index in [1.807, 2.05) is 90.0 Å². The summed E-state index contributed by atoms with van der Waals surface area (Å²) in [5.74, 6) is -2.79. The van der Waals surface area contributed by atoms with Crippen molar-refractivity contribution in [3.8, 4) is 5.82 Å². The first-order chi connectivity index (χ1) is 25.2. The van der Waals surface area contributed by atoms with Crippen LogP contribution in [0.25, 0.3) is 27.6 Å². The van der Waals surface area contributed by atoms with Gasteiger partial charge in [0.1, 0.15) is 5.82 Å². The fourth-order valence-corrected chi connectivity index (χ4v) is 7.27. The highest BCUT2D eigenvalue weighted by atomic mass is 19.3. The van der Waals surface area contributed by atoms with Gasteiger partial charge < -0.3 is 9.80 Å². The van der Waals surface area contributed by atoms with Crippen molar-refractivity contribution in [2.24, 2.45) is 0 Å². The average molecular weight is 666 g/mol. The van der Waals surface area contributed by atoms with Gasteiger partial charge in [-0.1, -0.05) is 100 Å². The maximum Gasteiger partial charge on any atom is 0.298 e. The Labute approximate surface area is 296 Å². The largest absolute Gasteiger partial charge is 0.355 e. The van der Waals surface area contributed by atoms with Crippen molar-refractivity contribution in [3.05, 3.63) is 161 Å². The third-order valence-corrected chi connectivity index (χ3v) is 10.3. The number of aromatic nitrogens is 2. The number of hydrogen-bond donors (Lipinski definition) is 0. The van der Waals surface area contributed by atoms with Crippen molar-refractivity contribution in [3.63, 3.8) is 0 Å². The van der Waals surface area contributed by atoms with Crippen LogP contribution in [-0.2, 0) is 11.3 Å². The molecule has 6 heteroatoms. The molecule has 1 aliphatic heterocycles. The van der Waals surface area contributed by atoms with Crippen LogP contribution in [0.3, 0.4) is 0 Å². The molecule has 1 aliphatic rings. The average Bonchev–Trinajstić information content (AvgIpc) is 3.72. The number of rotatable bonds is 7. The number of alkyl halides is 2. The zero-order chi connectivity index (χ0) is 37.3.